The van der Waals surface area contributed by atoms with E-state index in [1.807, 2.05) is 0 Å². The molecule has 0 bridgehead atoms. The van der Waals surface area contributed by atoms with Crippen molar-refractivity contribution in [2.45, 2.75) is 25.7 Å². The Morgan fingerprint density at radius 2 is 2.09 bits per heavy atom. The monoisotopic (exact) mass is 178 g/mol. The molecule has 1 aliphatic carbocycles. The Kier molecular flexibility index (Phi) is 4.11. The van der Waals surface area contributed by atoms with Gasteiger partial charge in [0.1, 0.15) is 11.7 Å². The number of carboxylic acid groups (broad SMARTS) is 1. The molecule has 0 heterocycles. The minimum absolute atomic E-state index is 0. The molecular weight excluding hydrogens is 168 g/mol. The van der Waals surface area contributed by atoms with Crippen LogP contribution in [0.25, 0.3) is 0 Å². The molecule has 4 heteroatoms. The van der Waals surface area contributed by atoms with Gasteiger partial charge >= 0.3 is 5.97 Å². The first-order valence-electron chi connectivity index (χ1n) is 3.47. The summed E-state index contributed by atoms with van der Waals surface area (Å²) in [6.45, 7) is 0. The predicted molar refractivity (Wildman–Crippen MR) is 41.8 cm³/mol. The van der Waals surface area contributed by atoms with E-state index in [0.717, 1.165) is 12.8 Å². The van der Waals surface area contributed by atoms with Gasteiger partial charge in [0.25, 0.3) is 0 Å². The van der Waals surface area contributed by atoms with E-state index < -0.39 is 11.9 Å². The van der Waals surface area contributed by atoms with Crippen molar-refractivity contribution in [3.8, 4) is 0 Å². The Labute approximate surface area is 71.2 Å². The summed E-state index contributed by atoms with van der Waals surface area (Å²) in [5, 5.41) is 8.49. The van der Waals surface area contributed by atoms with E-state index in [0.29, 0.717) is 12.8 Å². The van der Waals surface area contributed by atoms with Gasteiger partial charge in [0, 0.05) is 6.42 Å². The summed E-state index contributed by atoms with van der Waals surface area (Å²) in [7, 11) is 0. The van der Waals surface area contributed by atoms with Gasteiger partial charge in [0.05, 0.1) is 0 Å². The van der Waals surface area contributed by atoms with Crippen LogP contribution >= 0.6 is 12.4 Å². The number of aliphatic carboxylic acids is 1. The van der Waals surface area contributed by atoms with Crippen LogP contribution in [0.5, 0.6) is 0 Å². The highest BCUT2D eigenvalue weighted by Gasteiger charge is 2.27. The third-order valence-electron chi connectivity index (χ3n) is 1.85. The number of carboxylic acids is 1. The summed E-state index contributed by atoms with van der Waals surface area (Å²) in [5.41, 5.74) is 0. The molecule has 1 atom stereocenters. The van der Waals surface area contributed by atoms with E-state index in [4.69, 9.17) is 5.11 Å². The van der Waals surface area contributed by atoms with Gasteiger partial charge in [0.15, 0.2) is 0 Å². The lowest BCUT2D eigenvalue weighted by atomic mass is 9.88. The van der Waals surface area contributed by atoms with E-state index in [2.05, 4.69) is 0 Å². The third kappa shape index (κ3) is 2.50. The van der Waals surface area contributed by atoms with E-state index in [1.165, 1.54) is 0 Å². The minimum atomic E-state index is -0.954. The lowest BCUT2D eigenvalue weighted by Crippen LogP contribution is -2.26. The molecule has 1 saturated carbocycles. The molecule has 11 heavy (non-hydrogen) atoms. The van der Waals surface area contributed by atoms with Crippen molar-refractivity contribution < 1.29 is 14.7 Å². The Balaban J connectivity index is 0.000001000. The van der Waals surface area contributed by atoms with Crippen LogP contribution in [-0.2, 0) is 9.59 Å². The Hall–Kier alpha value is -0.570. The van der Waals surface area contributed by atoms with Crippen molar-refractivity contribution in [3.63, 3.8) is 0 Å². The fourth-order valence-corrected chi connectivity index (χ4v) is 1.24. The molecule has 1 unspecified atom stereocenters. The average Bonchev–Trinajstić information content (AvgIpc) is 1.88. The smallest absolute Gasteiger partial charge is 0.314 e. The average molecular weight is 179 g/mol. The van der Waals surface area contributed by atoms with Crippen LogP contribution in [0.2, 0.25) is 0 Å². The number of halogens is 1. The van der Waals surface area contributed by atoms with Gasteiger partial charge in [-0.05, 0) is 12.8 Å². The van der Waals surface area contributed by atoms with Crippen LogP contribution in [0, 0.1) is 5.92 Å². The molecule has 0 radical (unpaired) electrons. The van der Waals surface area contributed by atoms with Crippen LogP contribution in [0.15, 0.2) is 0 Å². The lowest BCUT2D eigenvalue weighted by Gasteiger charge is -2.15. The first-order valence-corrected chi connectivity index (χ1v) is 3.47. The van der Waals surface area contributed by atoms with Gasteiger partial charge in [-0.25, -0.2) is 0 Å². The van der Waals surface area contributed by atoms with E-state index in [-0.39, 0.29) is 18.2 Å². The Morgan fingerprint density at radius 3 is 2.45 bits per heavy atom. The molecular formula is C7H11ClO3. The molecule has 1 N–H and O–H groups in total. The van der Waals surface area contributed by atoms with Crippen molar-refractivity contribution in [3.05, 3.63) is 0 Å². The van der Waals surface area contributed by atoms with Crippen LogP contribution in [-0.4, -0.2) is 16.9 Å². The maximum absolute atomic E-state index is 10.9. The quantitative estimate of drug-likeness (QED) is 0.615. The van der Waals surface area contributed by atoms with Crippen molar-refractivity contribution in [1.82, 2.24) is 0 Å². The highest BCUT2D eigenvalue weighted by atomic mass is 35.5. The van der Waals surface area contributed by atoms with Crippen LogP contribution < -0.4 is 0 Å². The molecule has 1 aliphatic rings. The maximum Gasteiger partial charge on any atom is 0.314 e. The van der Waals surface area contributed by atoms with Gasteiger partial charge in [-0.3, -0.25) is 9.59 Å². The van der Waals surface area contributed by atoms with E-state index in [1.54, 1.807) is 0 Å². The fourth-order valence-electron chi connectivity index (χ4n) is 1.24. The fraction of sp³-hybridized carbons (Fsp3) is 0.714. The summed E-state index contributed by atoms with van der Waals surface area (Å²) in [6.07, 6.45) is 2.73. The highest BCUT2D eigenvalue weighted by molar-refractivity contribution is 5.98. The number of hydrogen-bond donors (Lipinski definition) is 1. The minimum Gasteiger partial charge on any atom is -0.481 e. The zero-order valence-electron chi connectivity index (χ0n) is 6.08. The summed E-state index contributed by atoms with van der Waals surface area (Å²) in [6, 6.07) is 0. The normalized spacial score (nSPS) is 24.0. The molecule has 1 rings (SSSR count). The van der Waals surface area contributed by atoms with Gasteiger partial charge in [0.2, 0.25) is 0 Å². The Bertz CT molecular complexity index is 167. The highest BCUT2D eigenvalue weighted by Crippen LogP contribution is 2.20. The number of Topliss-reactive ketones (excluding diaryl/α,β-unsaturated/α-hetero) is 1. The molecule has 0 aliphatic heterocycles. The topological polar surface area (TPSA) is 54.4 Å². The predicted octanol–water partition coefficient (Wildman–Crippen LogP) is 1.25. The standard InChI is InChI=1S/C7H10O3.ClH/c8-6-4-2-1-3-5(6)7(9)10;/h5H,1-4H2,(H,9,10);1H. The summed E-state index contributed by atoms with van der Waals surface area (Å²) < 4.78 is 0. The summed E-state index contributed by atoms with van der Waals surface area (Å²) >= 11 is 0. The van der Waals surface area contributed by atoms with E-state index >= 15 is 0 Å². The zero-order chi connectivity index (χ0) is 7.56. The maximum atomic E-state index is 10.9. The number of rotatable bonds is 1. The molecule has 1 fully saturated rings. The van der Waals surface area contributed by atoms with Crippen molar-refractivity contribution >= 4 is 24.2 Å². The largest absolute Gasteiger partial charge is 0.481 e. The Morgan fingerprint density at radius 1 is 1.45 bits per heavy atom. The lowest BCUT2D eigenvalue weighted by molar-refractivity contribution is -0.147. The van der Waals surface area contributed by atoms with Gasteiger partial charge in [-0.15, -0.1) is 12.4 Å². The number of ketones is 1. The molecule has 0 aromatic rings. The second-order valence-corrected chi connectivity index (χ2v) is 2.60. The molecule has 0 amide bonds. The van der Waals surface area contributed by atoms with Crippen LogP contribution in [0.3, 0.4) is 0 Å². The van der Waals surface area contributed by atoms with Crippen molar-refractivity contribution in [2.24, 2.45) is 5.92 Å². The number of carbonyl (C=O) groups is 2. The third-order valence-corrected chi connectivity index (χ3v) is 1.85. The molecule has 3 nitrogen and oxygen atoms in total. The van der Waals surface area contributed by atoms with Gasteiger partial charge in [-0.2, -0.15) is 0 Å². The number of hydrogen-bond acceptors (Lipinski definition) is 2. The van der Waals surface area contributed by atoms with Gasteiger partial charge in [-0.1, -0.05) is 6.42 Å². The first-order chi connectivity index (χ1) is 4.72. The second kappa shape index (κ2) is 4.34. The van der Waals surface area contributed by atoms with Crippen molar-refractivity contribution in [1.29, 1.82) is 0 Å². The SMILES string of the molecule is Cl.O=C(O)C1CCCCC1=O. The zero-order valence-corrected chi connectivity index (χ0v) is 6.89. The molecule has 64 valence electrons. The summed E-state index contributed by atoms with van der Waals surface area (Å²) in [4.78, 5) is 21.2. The van der Waals surface area contributed by atoms with Crippen LogP contribution in [0.1, 0.15) is 25.7 Å². The van der Waals surface area contributed by atoms with E-state index in [9.17, 15) is 9.59 Å². The first kappa shape index (κ1) is 10.4. The molecule has 0 aromatic heterocycles. The second-order valence-electron chi connectivity index (χ2n) is 2.60. The number of carbonyl (C=O) groups excluding carboxylic acids is 1. The molecule has 0 aromatic carbocycles. The van der Waals surface area contributed by atoms with Crippen LogP contribution in [0.4, 0.5) is 0 Å². The molecule has 0 saturated heterocycles. The van der Waals surface area contributed by atoms with Gasteiger partial charge < -0.3 is 5.11 Å². The summed E-state index contributed by atoms with van der Waals surface area (Å²) in [5.74, 6) is -1.75. The van der Waals surface area contributed by atoms with Crippen molar-refractivity contribution in [2.75, 3.05) is 0 Å². The molecule has 0 spiro atoms.